The molecule has 142 valence electrons. The van der Waals surface area contributed by atoms with Gasteiger partial charge in [-0.2, -0.15) is 0 Å². The summed E-state index contributed by atoms with van der Waals surface area (Å²) in [4.78, 5) is 20.1. The van der Waals surface area contributed by atoms with Gasteiger partial charge in [-0.3, -0.25) is 4.79 Å². The van der Waals surface area contributed by atoms with Crippen LogP contribution in [-0.4, -0.2) is 28.9 Å². The molecule has 0 saturated heterocycles. The fourth-order valence-corrected chi connectivity index (χ4v) is 3.23. The van der Waals surface area contributed by atoms with Crippen LogP contribution in [0.1, 0.15) is 55.6 Å². The van der Waals surface area contributed by atoms with Gasteiger partial charge in [0.25, 0.3) is 5.91 Å². The molecule has 0 aliphatic rings. The molecular formula is C23H28N2O2. The summed E-state index contributed by atoms with van der Waals surface area (Å²) in [7, 11) is 0. The van der Waals surface area contributed by atoms with Crippen molar-refractivity contribution in [2.45, 2.75) is 46.5 Å². The number of para-hydroxylation sites is 1. The Morgan fingerprint density at radius 3 is 2.37 bits per heavy atom. The number of pyridine rings is 1. The second-order valence-corrected chi connectivity index (χ2v) is 6.98. The minimum absolute atomic E-state index is 0.0834. The zero-order chi connectivity index (χ0) is 19.2. The first-order chi connectivity index (χ1) is 13.1. The largest absolute Gasteiger partial charge is 0.460 e. The van der Waals surface area contributed by atoms with Crippen molar-refractivity contribution in [2.24, 2.45) is 0 Å². The first-order valence-corrected chi connectivity index (χ1v) is 9.90. The molecular weight excluding hydrogens is 336 g/mol. The van der Waals surface area contributed by atoms with Crippen LogP contribution in [0, 0.1) is 6.92 Å². The third-order valence-electron chi connectivity index (χ3n) is 4.79. The second kappa shape index (κ2) is 8.85. The Morgan fingerprint density at radius 2 is 1.74 bits per heavy atom. The molecule has 1 amide bonds. The van der Waals surface area contributed by atoms with Crippen molar-refractivity contribution in [3.63, 3.8) is 0 Å². The molecule has 4 nitrogen and oxygen atoms in total. The van der Waals surface area contributed by atoms with Gasteiger partial charge in [0, 0.05) is 18.5 Å². The Bertz CT molecular complexity index is 906. The van der Waals surface area contributed by atoms with Crippen LogP contribution in [0.25, 0.3) is 22.4 Å². The SMILES string of the molecule is CCCCN(CCCC)C(=O)c1cc(-c2ccc(C)o2)nc2ccccc12. The van der Waals surface area contributed by atoms with Crippen LogP contribution in [0.5, 0.6) is 0 Å². The third-order valence-corrected chi connectivity index (χ3v) is 4.79. The van der Waals surface area contributed by atoms with Gasteiger partial charge in [0.15, 0.2) is 5.76 Å². The lowest BCUT2D eigenvalue weighted by molar-refractivity contribution is 0.0753. The molecule has 0 aliphatic heterocycles. The molecule has 2 heterocycles. The quantitative estimate of drug-likeness (QED) is 0.504. The van der Waals surface area contributed by atoms with Gasteiger partial charge in [-0.25, -0.2) is 4.98 Å². The number of aromatic nitrogens is 1. The van der Waals surface area contributed by atoms with Crippen LogP contribution in [0.3, 0.4) is 0 Å². The molecule has 0 N–H and O–H groups in total. The number of benzene rings is 1. The number of carbonyl (C=O) groups is 1. The Kier molecular flexibility index (Phi) is 6.28. The van der Waals surface area contributed by atoms with Gasteiger partial charge >= 0.3 is 0 Å². The maximum absolute atomic E-state index is 13.4. The van der Waals surface area contributed by atoms with Crippen LogP contribution in [-0.2, 0) is 0 Å². The molecule has 3 rings (SSSR count). The first kappa shape index (κ1) is 19.2. The lowest BCUT2D eigenvalue weighted by atomic mass is 10.0. The summed E-state index contributed by atoms with van der Waals surface area (Å²) < 4.78 is 5.76. The average Bonchev–Trinajstić information content (AvgIpc) is 3.13. The lowest BCUT2D eigenvalue weighted by Crippen LogP contribution is -2.33. The number of aryl methyl sites for hydroxylation is 1. The molecule has 0 fully saturated rings. The molecule has 1 aromatic carbocycles. The van der Waals surface area contributed by atoms with Crippen molar-refractivity contribution in [3.8, 4) is 11.5 Å². The molecule has 4 heteroatoms. The summed E-state index contributed by atoms with van der Waals surface area (Å²) in [6.45, 7) is 7.81. The van der Waals surface area contributed by atoms with Crippen molar-refractivity contribution in [1.82, 2.24) is 9.88 Å². The van der Waals surface area contributed by atoms with E-state index in [4.69, 9.17) is 9.40 Å². The highest BCUT2D eigenvalue weighted by molar-refractivity contribution is 6.07. The maximum atomic E-state index is 13.4. The molecule has 0 unspecified atom stereocenters. The van der Waals surface area contributed by atoms with Gasteiger partial charge in [-0.05, 0) is 44.0 Å². The minimum Gasteiger partial charge on any atom is -0.460 e. The van der Waals surface area contributed by atoms with Gasteiger partial charge in [0.1, 0.15) is 11.5 Å². The van der Waals surface area contributed by atoms with Crippen molar-refractivity contribution in [1.29, 1.82) is 0 Å². The van der Waals surface area contributed by atoms with Gasteiger partial charge in [0.05, 0.1) is 11.1 Å². The van der Waals surface area contributed by atoms with Crippen molar-refractivity contribution >= 4 is 16.8 Å². The standard InChI is InChI=1S/C23H28N2O2/c1-4-6-14-25(15-7-5-2)23(26)19-16-21(22-13-12-17(3)27-22)24-20-11-9-8-10-18(19)20/h8-13,16H,4-7,14-15H2,1-3H3. The van der Waals surface area contributed by atoms with E-state index in [2.05, 4.69) is 13.8 Å². The van der Waals surface area contributed by atoms with E-state index in [-0.39, 0.29) is 5.91 Å². The van der Waals surface area contributed by atoms with Gasteiger partial charge < -0.3 is 9.32 Å². The first-order valence-electron chi connectivity index (χ1n) is 9.90. The monoisotopic (exact) mass is 364 g/mol. The minimum atomic E-state index is 0.0834. The van der Waals surface area contributed by atoms with Crippen LogP contribution in [0.4, 0.5) is 0 Å². The van der Waals surface area contributed by atoms with Gasteiger partial charge in [-0.1, -0.05) is 44.9 Å². The Morgan fingerprint density at radius 1 is 1.04 bits per heavy atom. The van der Waals surface area contributed by atoms with Crippen molar-refractivity contribution in [3.05, 3.63) is 53.8 Å². The Balaban J connectivity index is 2.06. The molecule has 2 aromatic heterocycles. The second-order valence-electron chi connectivity index (χ2n) is 6.98. The van der Waals surface area contributed by atoms with Crippen molar-refractivity contribution < 1.29 is 9.21 Å². The third kappa shape index (κ3) is 4.38. The summed E-state index contributed by atoms with van der Waals surface area (Å²) in [6, 6.07) is 13.5. The number of furan rings is 1. The molecule has 0 atom stereocenters. The molecule has 0 bridgehead atoms. The molecule has 0 radical (unpaired) electrons. The fourth-order valence-electron chi connectivity index (χ4n) is 3.23. The highest BCUT2D eigenvalue weighted by Crippen LogP contribution is 2.27. The van der Waals surface area contributed by atoms with Crippen LogP contribution in [0.15, 0.2) is 46.9 Å². The average molecular weight is 364 g/mol. The normalized spacial score (nSPS) is 11.1. The zero-order valence-electron chi connectivity index (χ0n) is 16.5. The van der Waals surface area contributed by atoms with Crippen LogP contribution >= 0.6 is 0 Å². The van der Waals surface area contributed by atoms with E-state index in [9.17, 15) is 4.79 Å². The van der Waals surface area contributed by atoms with E-state index >= 15 is 0 Å². The predicted octanol–water partition coefficient (Wildman–Crippen LogP) is 5.85. The molecule has 3 aromatic rings. The number of carbonyl (C=O) groups excluding carboxylic acids is 1. The maximum Gasteiger partial charge on any atom is 0.254 e. The molecule has 0 spiro atoms. The number of hydrogen-bond acceptors (Lipinski definition) is 3. The highest BCUT2D eigenvalue weighted by atomic mass is 16.3. The summed E-state index contributed by atoms with van der Waals surface area (Å²) in [6.07, 6.45) is 4.18. The van der Waals surface area contributed by atoms with E-state index < -0.39 is 0 Å². The number of rotatable bonds is 8. The Hall–Kier alpha value is -2.62. The molecule has 0 aliphatic carbocycles. The number of hydrogen-bond donors (Lipinski definition) is 0. The van der Waals surface area contributed by atoms with Gasteiger partial charge in [-0.15, -0.1) is 0 Å². The van der Waals surface area contributed by atoms with E-state index in [1.807, 2.05) is 54.3 Å². The number of fused-ring (bicyclic) bond motifs is 1. The smallest absolute Gasteiger partial charge is 0.254 e. The number of unbranched alkanes of at least 4 members (excludes halogenated alkanes) is 2. The summed E-state index contributed by atoms with van der Waals surface area (Å²) >= 11 is 0. The Labute approximate surface area is 161 Å². The predicted molar refractivity (Wildman–Crippen MR) is 110 cm³/mol. The fraction of sp³-hybridized carbons (Fsp3) is 0.391. The summed E-state index contributed by atoms with van der Waals surface area (Å²) in [5.41, 5.74) is 2.23. The lowest BCUT2D eigenvalue weighted by Gasteiger charge is -2.23. The van der Waals surface area contributed by atoms with E-state index in [1.54, 1.807) is 0 Å². The summed E-state index contributed by atoms with van der Waals surface area (Å²) in [5, 5.41) is 0.896. The van der Waals surface area contributed by atoms with E-state index in [0.29, 0.717) is 17.0 Å². The summed E-state index contributed by atoms with van der Waals surface area (Å²) in [5.74, 6) is 1.61. The van der Waals surface area contributed by atoms with E-state index in [1.165, 1.54) is 0 Å². The highest BCUT2D eigenvalue weighted by Gasteiger charge is 2.20. The van der Waals surface area contributed by atoms with Gasteiger partial charge in [0.2, 0.25) is 0 Å². The zero-order valence-corrected chi connectivity index (χ0v) is 16.5. The van der Waals surface area contributed by atoms with Crippen LogP contribution in [0.2, 0.25) is 0 Å². The van der Waals surface area contributed by atoms with Crippen molar-refractivity contribution in [2.75, 3.05) is 13.1 Å². The number of nitrogens with zero attached hydrogens (tertiary/aromatic N) is 2. The molecule has 27 heavy (non-hydrogen) atoms. The topological polar surface area (TPSA) is 46.3 Å². The molecule has 0 saturated carbocycles. The van der Waals surface area contributed by atoms with E-state index in [0.717, 1.165) is 55.4 Å². The van der Waals surface area contributed by atoms with Crippen LogP contribution < -0.4 is 0 Å². The number of amides is 1.